The molecule has 1 aliphatic rings. The van der Waals surface area contributed by atoms with E-state index in [1.54, 1.807) is 12.0 Å². The predicted molar refractivity (Wildman–Crippen MR) is 77.4 cm³/mol. The van der Waals surface area contributed by atoms with E-state index >= 15 is 0 Å². The molecule has 2 N–H and O–H groups in total. The Labute approximate surface area is 119 Å². The Morgan fingerprint density at radius 2 is 2.20 bits per heavy atom. The molecule has 0 unspecified atom stereocenters. The normalized spacial score (nSPS) is 14.2. The molecule has 106 valence electrons. The van der Waals surface area contributed by atoms with Gasteiger partial charge in [-0.15, -0.1) is 0 Å². The highest BCUT2D eigenvalue weighted by Crippen LogP contribution is 2.20. The number of ether oxygens (including phenoxy) is 1. The van der Waals surface area contributed by atoms with E-state index in [9.17, 15) is 4.79 Å². The van der Waals surface area contributed by atoms with Crippen LogP contribution in [0.25, 0.3) is 0 Å². The fraction of sp³-hybridized carbons (Fsp3) is 0.400. The molecule has 0 aromatic heterocycles. The molecule has 0 bridgehead atoms. The molecular weight excluding hydrogens is 254 g/mol. The Morgan fingerprint density at radius 3 is 2.80 bits per heavy atom. The standard InChI is InChI=1S/C15H19N3O2/c1-17-8-9-18(15(17)19)11-13-10-14(20-2)6-5-12(13)4-3-7-16/h5-6,10H,7-9,11,16H2,1-2H3. The molecule has 2 amide bonds. The first-order valence-electron chi connectivity index (χ1n) is 6.51. The van der Waals surface area contributed by atoms with Crippen LogP contribution in [0.15, 0.2) is 18.2 Å². The van der Waals surface area contributed by atoms with Crippen molar-refractivity contribution in [2.75, 3.05) is 33.8 Å². The first-order chi connectivity index (χ1) is 9.65. The van der Waals surface area contributed by atoms with Crippen LogP contribution in [-0.4, -0.2) is 49.6 Å². The van der Waals surface area contributed by atoms with Crippen molar-refractivity contribution in [3.63, 3.8) is 0 Å². The Bertz CT molecular complexity index is 560. The summed E-state index contributed by atoms with van der Waals surface area (Å²) in [4.78, 5) is 15.5. The molecule has 0 atom stereocenters. The molecule has 0 saturated carbocycles. The molecule has 2 rings (SSSR count). The number of carbonyl (C=O) groups is 1. The number of hydrogen-bond donors (Lipinski definition) is 1. The average molecular weight is 273 g/mol. The third-order valence-electron chi connectivity index (χ3n) is 3.30. The number of nitrogens with two attached hydrogens (primary N) is 1. The van der Waals surface area contributed by atoms with Crippen molar-refractivity contribution in [3.05, 3.63) is 29.3 Å². The van der Waals surface area contributed by atoms with Crippen LogP contribution in [-0.2, 0) is 6.54 Å². The van der Waals surface area contributed by atoms with E-state index < -0.39 is 0 Å². The molecule has 0 spiro atoms. The number of amides is 2. The van der Waals surface area contributed by atoms with Crippen molar-refractivity contribution < 1.29 is 9.53 Å². The average Bonchev–Trinajstić information content (AvgIpc) is 2.78. The van der Waals surface area contributed by atoms with Crippen molar-refractivity contribution in [2.45, 2.75) is 6.54 Å². The fourth-order valence-electron chi connectivity index (χ4n) is 2.15. The van der Waals surface area contributed by atoms with Gasteiger partial charge in [-0.3, -0.25) is 0 Å². The lowest BCUT2D eigenvalue weighted by Gasteiger charge is -2.17. The van der Waals surface area contributed by atoms with Crippen LogP contribution < -0.4 is 10.5 Å². The largest absolute Gasteiger partial charge is 0.497 e. The second kappa shape index (κ2) is 6.31. The summed E-state index contributed by atoms with van der Waals surface area (Å²) in [6, 6.07) is 5.74. The summed E-state index contributed by atoms with van der Waals surface area (Å²) in [5.41, 5.74) is 7.28. The van der Waals surface area contributed by atoms with Crippen LogP contribution in [0.2, 0.25) is 0 Å². The van der Waals surface area contributed by atoms with Crippen molar-refractivity contribution in [1.82, 2.24) is 9.80 Å². The van der Waals surface area contributed by atoms with Crippen molar-refractivity contribution >= 4 is 6.03 Å². The number of hydrogen-bond acceptors (Lipinski definition) is 3. The second-order valence-corrected chi connectivity index (χ2v) is 4.65. The minimum atomic E-state index is 0.0468. The van der Waals surface area contributed by atoms with Gasteiger partial charge in [0, 0.05) is 32.2 Å². The molecule has 0 aliphatic carbocycles. The van der Waals surface area contributed by atoms with Gasteiger partial charge in [-0.05, 0) is 23.8 Å². The predicted octanol–water partition coefficient (Wildman–Crippen LogP) is 0.873. The molecule has 1 aliphatic heterocycles. The lowest BCUT2D eigenvalue weighted by atomic mass is 10.1. The van der Waals surface area contributed by atoms with Gasteiger partial charge in [0.05, 0.1) is 13.7 Å². The second-order valence-electron chi connectivity index (χ2n) is 4.65. The van der Waals surface area contributed by atoms with Crippen LogP contribution in [0.4, 0.5) is 4.79 Å². The van der Waals surface area contributed by atoms with Crippen molar-refractivity contribution in [3.8, 4) is 17.6 Å². The lowest BCUT2D eigenvalue weighted by Crippen LogP contribution is -2.29. The number of methoxy groups -OCH3 is 1. The molecule has 1 heterocycles. The zero-order valence-electron chi connectivity index (χ0n) is 11.8. The Kier molecular flexibility index (Phi) is 4.49. The molecule has 5 heteroatoms. The highest BCUT2D eigenvalue weighted by molar-refractivity contribution is 5.76. The summed E-state index contributed by atoms with van der Waals surface area (Å²) < 4.78 is 5.24. The monoisotopic (exact) mass is 273 g/mol. The Hall–Kier alpha value is -2.19. The van der Waals surface area contributed by atoms with Crippen LogP contribution in [0.3, 0.4) is 0 Å². The van der Waals surface area contributed by atoms with Gasteiger partial charge in [0.25, 0.3) is 0 Å². The van der Waals surface area contributed by atoms with E-state index in [-0.39, 0.29) is 6.03 Å². The topological polar surface area (TPSA) is 58.8 Å². The summed E-state index contributed by atoms with van der Waals surface area (Å²) in [5, 5.41) is 0. The van der Waals surface area contributed by atoms with Gasteiger partial charge in [0.15, 0.2) is 0 Å². The van der Waals surface area contributed by atoms with Gasteiger partial charge < -0.3 is 20.3 Å². The van der Waals surface area contributed by atoms with Crippen molar-refractivity contribution in [2.24, 2.45) is 5.73 Å². The first-order valence-corrected chi connectivity index (χ1v) is 6.51. The molecule has 1 aromatic rings. The summed E-state index contributed by atoms with van der Waals surface area (Å²) >= 11 is 0. The SMILES string of the molecule is COc1ccc(C#CCN)c(CN2CCN(C)C2=O)c1. The maximum Gasteiger partial charge on any atom is 0.320 e. The van der Waals surface area contributed by atoms with E-state index in [0.29, 0.717) is 13.1 Å². The van der Waals surface area contributed by atoms with Crippen LogP contribution in [0.1, 0.15) is 11.1 Å². The maximum absolute atomic E-state index is 12.0. The van der Waals surface area contributed by atoms with Gasteiger partial charge >= 0.3 is 6.03 Å². The zero-order valence-corrected chi connectivity index (χ0v) is 11.8. The van der Waals surface area contributed by atoms with E-state index in [2.05, 4.69) is 11.8 Å². The number of rotatable bonds is 3. The van der Waals surface area contributed by atoms with Gasteiger partial charge in [-0.25, -0.2) is 4.79 Å². The van der Waals surface area contributed by atoms with Crippen molar-refractivity contribution in [1.29, 1.82) is 0 Å². The van der Waals surface area contributed by atoms with Crippen LogP contribution in [0.5, 0.6) is 5.75 Å². The third-order valence-corrected chi connectivity index (χ3v) is 3.30. The molecular formula is C15H19N3O2. The number of urea groups is 1. The Morgan fingerprint density at radius 1 is 1.40 bits per heavy atom. The number of nitrogens with zero attached hydrogens (tertiary/aromatic N) is 2. The van der Waals surface area contributed by atoms with Crippen LogP contribution >= 0.6 is 0 Å². The molecule has 0 radical (unpaired) electrons. The lowest BCUT2D eigenvalue weighted by molar-refractivity contribution is 0.197. The molecule has 20 heavy (non-hydrogen) atoms. The van der Waals surface area contributed by atoms with Gasteiger partial charge in [-0.1, -0.05) is 11.8 Å². The summed E-state index contributed by atoms with van der Waals surface area (Å²) in [5.74, 6) is 6.65. The highest BCUT2D eigenvalue weighted by Gasteiger charge is 2.25. The molecule has 1 aromatic carbocycles. The molecule has 1 fully saturated rings. The number of benzene rings is 1. The van der Waals surface area contributed by atoms with E-state index in [0.717, 1.165) is 30.0 Å². The van der Waals surface area contributed by atoms with E-state index in [1.165, 1.54) is 0 Å². The van der Waals surface area contributed by atoms with Gasteiger partial charge in [0.1, 0.15) is 5.75 Å². The minimum Gasteiger partial charge on any atom is -0.497 e. The minimum absolute atomic E-state index is 0.0468. The Balaban J connectivity index is 2.26. The van der Waals surface area contributed by atoms with Gasteiger partial charge in [0.2, 0.25) is 0 Å². The third kappa shape index (κ3) is 3.03. The van der Waals surface area contributed by atoms with E-state index in [1.807, 2.05) is 30.1 Å². The number of carbonyl (C=O) groups excluding carboxylic acids is 1. The maximum atomic E-state index is 12.0. The zero-order chi connectivity index (χ0) is 14.5. The summed E-state index contributed by atoms with van der Waals surface area (Å²) in [7, 11) is 3.43. The smallest absolute Gasteiger partial charge is 0.320 e. The summed E-state index contributed by atoms with van der Waals surface area (Å²) in [6.45, 7) is 2.34. The van der Waals surface area contributed by atoms with Gasteiger partial charge in [-0.2, -0.15) is 0 Å². The number of likely N-dealkylation sites (N-methyl/N-ethyl adjacent to an activating group) is 1. The highest BCUT2D eigenvalue weighted by atomic mass is 16.5. The van der Waals surface area contributed by atoms with Crippen LogP contribution in [0, 0.1) is 11.8 Å². The first kappa shape index (κ1) is 14.2. The van der Waals surface area contributed by atoms with E-state index in [4.69, 9.17) is 10.5 Å². The molecule has 5 nitrogen and oxygen atoms in total. The fourth-order valence-corrected chi connectivity index (χ4v) is 2.15. The quantitative estimate of drug-likeness (QED) is 0.831. The molecule has 1 saturated heterocycles. The summed E-state index contributed by atoms with van der Waals surface area (Å²) in [6.07, 6.45) is 0.